The van der Waals surface area contributed by atoms with Crippen molar-refractivity contribution in [3.8, 4) is 0 Å². The number of aryl methyl sites for hydroxylation is 1. The van der Waals surface area contributed by atoms with Crippen LogP contribution >= 0.6 is 11.6 Å². The first-order valence-electron chi connectivity index (χ1n) is 5.82. The third-order valence-corrected chi connectivity index (χ3v) is 2.76. The number of aliphatic carboxylic acids is 1. The number of carboxylic acids is 1. The molecular weight excluding hydrogens is 256 g/mol. The molecule has 0 aliphatic carbocycles. The normalized spacial score (nSPS) is 12.2. The first kappa shape index (κ1) is 14.6. The van der Waals surface area contributed by atoms with E-state index in [1.807, 2.05) is 6.92 Å². The predicted molar refractivity (Wildman–Crippen MR) is 68.9 cm³/mol. The second-order valence-corrected chi connectivity index (χ2v) is 4.62. The van der Waals surface area contributed by atoms with E-state index in [1.165, 1.54) is 0 Å². The average molecular weight is 273 g/mol. The zero-order chi connectivity index (χ0) is 13.7. The van der Waals surface area contributed by atoms with Gasteiger partial charge in [-0.1, -0.05) is 25.4 Å². The van der Waals surface area contributed by atoms with Crippen LogP contribution in [0, 0.1) is 5.92 Å². The molecule has 6 heteroatoms. The second-order valence-electron chi connectivity index (χ2n) is 4.19. The smallest absolute Gasteiger partial charge is 0.308 e. The van der Waals surface area contributed by atoms with Crippen LogP contribution in [0.15, 0.2) is 12.3 Å². The molecule has 18 heavy (non-hydrogen) atoms. The van der Waals surface area contributed by atoms with Gasteiger partial charge in [-0.2, -0.15) is 0 Å². The molecule has 0 bridgehead atoms. The molecule has 100 valence electrons. The molecular formula is C12H17ClN2O3. The standard InChI is InChI=1S/C12H17ClN2O3/c1-3-4-15-7-9(13)5-10(15)11(16)14-6-8(2)12(17)18/h5,7-8H,3-4,6H2,1-2H3,(H,14,16)(H,17,18). The number of halogens is 1. The Bertz CT molecular complexity index is 443. The van der Waals surface area contributed by atoms with Gasteiger partial charge in [0, 0.05) is 19.3 Å². The predicted octanol–water partition coefficient (Wildman–Crippen LogP) is 2.00. The lowest BCUT2D eigenvalue weighted by atomic mass is 10.2. The number of amides is 1. The number of aromatic nitrogens is 1. The molecule has 1 rings (SSSR count). The van der Waals surface area contributed by atoms with Gasteiger partial charge in [-0.25, -0.2) is 0 Å². The Hall–Kier alpha value is -1.49. The van der Waals surface area contributed by atoms with Crippen LogP contribution in [0.2, 0.25) is 5.02 Å². The van der Waals surface area contributed by atoms with Crippen molar-refractivity contribution in [2.24, 2.45) is 5.92 Å². The summed E-state index contributed by atoms with van der Waals surface area (Å²) in [5.41, 5.74) is 0.458. The lowest BCUT2D eigenvalue weighted by Gasteiger charge is -2.10. The van der Waals surface area contributed by atoms with Crippen LogP contribution in [0.25, 0.3) is 0 Å². The van der Waals surface area contributed by atoms with Gasteiger partial charge >= 0.3 is 5.97 Å². The Balaban J connectivity index is 2.69. The molecule has 0 spiro atoms. The zero-order valence-electron chi connectivity index (χ0n) is 10.4. The molecule has 1 aromatic heterocycles. The van der Waals surface area contributed by atoms with E-state index >= 15 is 0 Å². The number of carbonyl (C=O) groups is 2. The SMILES string of the molecule is CCCn1cc(Cl)cc1C(=O)NCC(C)C(=O)O. The molecule has 1 atom stereocenters. The van der Waals surface area contributed by atoms with E-state index in [0.717, 1.165) is 6.42 Å². The maximum absolute atomic E-state index is 11.9. The van der Waals surface area contributed by atoms with Gasteiger partial charge in [-0.05, 0) is 12.5 Å². The van der Waals surface area contributed by atoms with Gasteiger partial charge < -0.3 is 15.0 Å². The van der Waals surface area contributed by atoms with Crippen LogP contribution in [0.3, 0.4) is 0 Å². The van der Waals surface area contributed by atoms with Gasteiger partial charge in [0.15, 0.2) is 0 Å². The van der Waals surface area contributed by atoms with E-state index in [9.17, 15) is 9.59 Å². The quantitative estimate of drug-likeness (QED) is 0.832. The molecule has 0 saturated carbocycles. The molecule has 1 amide bonds. The van der Waals surface area contributed by atoms with Crippen molar-refractivity contribution in [2.45, 2.75) is 26.8 Å². The first-order valence-corrected chi connectivity index (χ1v) is 6.20. The Morgan fingerprint density at radius 1 is 1.56 bits per heavy atom. The fourth-order valence-corrected chi connectivity index (χ4v) is 1.74. The third-order valence-electron chi connectivity index (χ3n) is 2.55. The summed E-state index contributed by atoms with van der Waals surface area (Å²) in [6.07, 6.45) is 2.58. The Labute approximate surface area is 111 Å². The first-order chi connectivity index (χ1) is 8.45. The summed E-state index contributed by atoms with van der Waals surface area (Å²) in [7, 11) is 0. The molecule has 5 nitrogen and oxygen atoms in total. The molecule has 0 radical (unpaired) electrons. The largest absolute Gasteiger partial charge is 0.481 e. The summed E-state index contributed by atoms with van der Waals surface area (Å²) < 4.78 is 1.77. The Morgan fingerprint density at radius 2 is 2.22 bits per heavy atom. The average Bonchev–Trinajstić information content (AvgIpc) is 2.67. The summed E-state index contributed by atoms with van der Waals surface area (Å²) in [5, 5.41) is 11.8. The van der Waals surface area contributed by atoms with Crippen LogP contribution in [0.1, 0.15) is 30.8 Å². The lowest BCUT2D eigenvalue weighted by Crippen LogP contribution is -2.32. The van der Waals surface area contributed by atoms with Gasteiger partial charge in [0.25, 0.3) is 5.91 Å². The minimum absolute atomic E-state index is 0.100. The molecule has 1 unspecified atom stereocenters. The molecule has 2 N–H and O–H groups in total. The summed E-state index contributed by atoms with van der Waals surface area (Å²) in [6.45, 7) is 4.34. The molecule has 1 aromatic rings. The highest BCUT2D eigenvalue weighted by atomic mass is 35.5. The van der Waals surface area contributed by atoms with E-state index in [-0.39, 0.29) is 12.5 Å². The fourth-order valence-electron chi connectivity index (χ4n) is 1.51. The minimum atomic E-state index is -0.933. The van der Waals surface area contributed by atoms with Crippen LogP contribution in [0.4, 0.5) is 0 Å². The van der Waals surface area contributed by atoms with Gasteiger partial charge in [0.05, 0.1) is 10.9 Å². The van der Waals surface area contributed by atoms with E-state index in [0.29, 0.717) is 17.3 Å². The molecule has 0 fully saturated rings. The number of carbonyl (C=O) groups excluding carboxylic acids is 1. The van der Waals surface area contributed by atoms with Crippen LogP contribution in [0.5, 0.6) is 0 Å². The van der Waals surface area contributed by atoms with Crippen molar-refractivity contribution < 1.29 is 14.7 Å². The van der Waals surface area contributed by atoms with Gasteiger partial charge in [-0.3, -0.25) is 9.59 Å². The van der Waals surface area contributed by atoms with Crippen molar-refractivity contribution in [3.63, 3.8) is 0 Å². The highest BCUT2D eigenvalue weighted by Gasteiger charge is 2.16. The topological polar surface area (TPSA) is 71.3 Å². The Morgan fingerprint density at radius 3 is 2.78 bits per heavy atom. The molecule has 0 aliphatic heterocycles. The minimum Gasteiger partial charge on any atom is -0.481 e. The molecule has 0 aromatic carbocycles. The third kappa shape index (κ3) is 3.77. The zero-order valence-corrected chi connectivity index (χ0v) is 11.2. The van der Waals surface area contributed by atoms with Crippen molar-refractivity contribution in [1.82, 2.24) is 9.88 Å². The van der Waals surface area contributed by atoms with Crippen molar-refractivity contribution in [3.05, 3.63) is 23.0 Å². The van der Waals surface area contributed by atoms with Crippen LogP contribution in [-0.2, 0) is 11.3 Å². The molecule has 0 saturated heterocycles. The molecule has 1 heterocycles. The Kier molecular flexibility index (Phi) is 5.22. The highest BCUT2D eigenvalue weighted by molar-refractivity contribution is 6.31. The summed E-state index contributed by atoms with van der Waals surface area (Å²) >= 11 is 5.86. The van der Waals surface area contributed by atoms with Crippen LogP contribution in [-0.4, -0.2) is 28.1 Å². The number of carboxylic acid groups (broad SMARTS) is 1. The van der Waals surface area contributed by atoms with E-state index in [1.54, 1.807) is 23.8 Å². The van der Waals surface area contributed by atoms with E-state index in [4.69, 9.17) is 16.7 Å². The number of nitrogens with one attached hydrogen (secondary N) is 1. The summed E-state index contributed by atoms with van der Waals surface area (Å²) in [4.78, 5) is 22.5. The van der Waals surface area contributed by atoms with Gasteiger partial charge in [0.2, 0.25) is 0 Å². The number of hydrogen-bond donors (Lipinski definition) is 2. The van der Waals surface area contributed by atoms with Crippen molar-refractivity contribution in [2.75, 3.05) is 6.54 Å². The molecule has 0 aliphatic rings. The number of hydrogen-bond acceptors (Lipinski definition) is 2. The maximum Gasteiger partial charge on any atom is 0.308 e. The maximum atomic E-state index is 11.9. The number of rotatable bonds is 6. The number of nitrogens with zero attached hydrogens (tertiary/aromatic N) is 1. The lowest BCUT2D eigenvalue weighted by molar-refractivity contribution is -0.140. The van der Waals surface area contributed by atoms with Crippen LogP contribution < -0.4 is 5.32 Å². The van der Waals surface area contributed by atoms with Crippen molar-refractivity contribution >= 4 is 23.5 Å². The summed E-state index contributed by atoms with van der Waals surface area (Å²) in [6, 6.07) is 1.58. The fraction of sp³-hybridized carbons (Fsp3) is 0.500. The highest BCUT2D eigenvalue weighted by Crippen LogP contribution is 2.14. The van der Waals surface area contributed by atoms with Crippen molar-refractivity contribution in [1.29, 1.82) is 0 Å². The van der Waals surface area contributed by atoms with E-state index < -0.39 is 11.9 Å². The second kappa shape index (κ2) is 6.44. The summed E-state index contributed by atoms with van der Waals surface area (Å²) in [5.74, 6) is -1.85. The van der Waals surface area contributed by atoms with E-state index in [2.05, 4.69) is 5.32 Å². The van der Waals surface area contributed by atoms with Gasteiger partial charge in [0.1, 0.15) is 5.69 Å². The monoisotopic (exact) mass is 272 g/mol. The van der Waals surface area contributed by atoms with Gasteiger partial charge in [-0.15, -0.1) is 0 Å².